The van der Waals surface area contributed by atoms with Gasteiger partial charge < -0.3 is 10.2 Å². The molecule has 0 saturated heterocycles. The van der Waals surface area contributed by atoms with E-state index >= 15 is 0 Å². The van der Waals surface area contributed by atoms with Crippen LogP contribution in [0.3, 0.4) is 0 Å². The topological polar surface area (TPSA) is 78.1 Å². The van der Waals surface area contributed by atoms with Gasteiger partial charge in [-0.1, -0.05) is 0 Å². The van der Waals surface area contributed by atoms with E-state index in [-0.39, 0.29) is 22.2 Å². The molecule has 0 saturated carbocycles. The van der Waals surface area contributed by atoms with E-state index in [9.17, 15) is 27.2 Å². The van der Waals surface area contributed by atoms with Gasteiger partial charge in [0.15, 0.2) is 23.3 Å². The predicted octanol–water partition coefficient (Wildman–Crippen LogP) is 3.70. The molecule has 3 aromatic rings. The van der Waals surface area contributed by atoms with Crippen molar-refractivity contribution in [2.24, 2.45) is 0 Å². The van der Waals surface area contributed by atoms with Crippen LogP contribution in [0.2, 0.25) is 0 Å². The van der Waals surface area contributed by atoms with E-state index in [4.69, 9.17) is 0 Å². The second kappa shape index (κ2) is 7.29. The molecular weight excluding hydrogens is 380 g/mol. The molecule has 1 atom stereocenters. The molecule has 10 heteroatoms. The molecule has 0 unspecified atom stereocenters. The normalized spacial score (nSPS) is 12.1. The molecule has 146 valence electrons. The molecule has 28 heavy (non-hydrogen) atoms. The number of urea groups is 1. The number of carbonyl (C=O) groups excluding carboxylic acids is 1. The van der Waals surface area contributed by atoms with Gasteiger partial charge in [-0.15, -0.1) is 0 Å². The number of amides is 2. The van der Waals surface area contributed by atoms with Crippen molar-refractivity contribution in [3.8, 4) is 0 Å². The fraction of sp³-hybridized carbons (Fsp3) is 0.167. The lowest BCUT2D eigenvalue weighted by Gasteiger charge is -2.25. The monoisotopic (exact) mass is 394 g/mol. The highest BCUT2D eigenvalue weighted by atomic mass is 19.2. The number of benzene rings is 2. The summed E-state index contributed by atoms with van der Waals surface area (Å²) in [5, 5.41) is 8.35. The number of fused-ring (bicyclic) bond motifs is 1. The Labute approximate surface area is 155 Å². The molecule has 0 spiro atoms. The van der Waals surface area contributed by atoms with Crippen LogP contribution in [0.1, 0.15) is 18.7 Å². The highest BCUT2D eigenvalue weighted by Gasteiger charge is 2.23. The lowest BCUT2D eigenvalue weighted by Crippen LogP contribution is -2.34. The average molecular weight is 394 g/mol. The number of anilines is 1. The third kappa shape index (κ3) is 3.53. The van der Waals surface area contributed by atoms with Gasteiger partial charge in [-0.2, -0.15) is 5.10 Å². The zero-order valence-corrected chi connectivity index (χ0v) is 14.7. The summed E-state index contributed by atoms with van der Waals surface area (Å²) in [6, 6.07) is 2.97. The van der Waals surface area contributed by atoms with Gasteiger partial charge in [-0.25, -0.2) is 27.5 Å². The van der Waals surface area contributed by atoms with Crippen LogP contribution in [0.15, 0.2) is 35.1 Å². The van der Waals surface area contributed by atoms with Crippen molar-refractivity contribution in [3.63, 3.8) is 0 Å². The summed E-state index contributed by atoms with van der Waals surface area (Å²) in [7, 11) is 1.39. The minimum Gasteiger partial charge on any atom is -0.319 e. The SMILES string of the molecule is C[C@@H](c1n[nH]c(=O)c2cc(F)c(F)cc12)N(C)C(=O)Nc1ccc(F)c(F)c1. The van der Waals surface area contributed by atoms with Gasteiger partial charge in [0.25, 0.3) is 5.56 Å². The summed E-state index contributed by atoms with van der Waals surface area (Å²) >= 11 is 0. The zero-order chi connectivity index (χ0) is 20.6. The Morgan fingerprint density at radius 3 is 2.29 bits per heavy atom. The second-order valence-corrected chi connectivity index (χ2v) is 6.10. The molecule has 1 aromatic heterocycles. The number of aromatic amines is 1. The first-order valence-corrected chi connectivity index (χ1v) is 8.05. The van der Waals surface area contributed by atoms with Gasteiger partial charge in [0.1, 0.15) is 0 Å². The van der Waals surface area contributed by atoms with Gasteiger partial charge in [0, 0.05) is 24.2 Å². The number of hydrogen-bond acceptors (Lipinski definition) is 3. The average Bonchev–Trinajstić information content (AvgIpc) is 2.65. The van der Waals surface area contributed by atoms with Gasteiger partial charge in [-0.3, -0.25) is 4.79 Å². The first kappa shape index (κ1) is 19.3. The van der Waals surface area contributed by atoms with E-state index < -0.39 is 40.9 Å². The van der Waals surface area contributed by atoms with E-state index in [1.165, 1.54) is 13.1 Å². The molecular formula is C18H14F4N4O2. The molecule has 0 aliphatic rings. The lowest BCUT2D eigenvalue weighted by molar-refractivity contribution is 0.207. The molecule has 2 N–H and O–H groups in total. The Morgan fingerprint density at radius 1 is 1.04 bits per heavy atom. The Morgan fingerprint density at radius 2 is 1.64 bits per heavy atom. The summed E-state index contributed by atoms with van der Waals surface area (Å²) < 4.78 is 53.4. The van der Waals surface area contributed by atoms with E-state index in [1.54, 1.807) is 6.92 Å². The molecule has 0 aliphatic carbocycles. The maximum atomic E-state index is 13.7. The molecule has 0 fully saturated rings. The van der Waals surface area contributed by atoms with Crippen molar-refractivity contribution in [3.05, 3.63) is 69.6 Å². The molecule has 1 heterocycles. The van der Waals surface area contributed by atoms with Crippen LogP contribution in [0.5, 0.6) is 0 Å². The molecule has 2 amide bonds. The number of aromatic nitrogens is 2. The maximum Gasteiger partial charge on any atom is 0.322 e. The minimum absolute atomic E-state index is 0.0235. The molecule has 0 aliphatic heterocycles. The highest BCUT2D eigenvalue weighted by molar-refractivity contribution is 5.90. The Bertz CT molecular complexity index is 1130. The first-order valence-electron chi connectivity index (χ1n) is 8.05. The van der Waals surface area contributed by atoms with Crippen molar-refractivity contribution >= 4 is 22.5 Å². The smallest absolute Gasteiger partial charge is 0.319 e. The molecule has 3 rings (SSSR count). The van der Waals surface area contributed by atoms with Crippen LogP contribution in [0.25, 0.3) is 10.8 Å². The number of carbonyl (C=O) groups is 1. The quantitative estimate of drug-likeness (QED) is 0.665. The van der Waals surface area contributed by atoms with E-state index in [0.717, 1.165) is 29.2 Å². The molecule has 0 bridgehead atoms. The number of nitrogens with one attached hydrogen (secondary N) is 2. The van der Waals surface area contributed by atoms with Crippen molar-refractivity contribution in [1.82, 2.24) is 15.1 Å². The summed E-state index contributed by atoms with van der Waals surface area (Å²) in [6.07, 6.45) is 0. The Kier molecular flexibility index (Phi) is 5.04. The van der Waals surface area contributed by atoms with Gasteiger partial charge in [0.05, 0.1) is 17.1 Å². The lowest BCUT2D eigenvalue weighted by atomic mass is 10.1. The molecule has 0 radical (unpaired) electrons. The van der Waals surface area contributed by atoms with Crippen molar-refractivity contribution in [2.45, 2.75) is 13.0 Å². The number of H-pyrrole nitrogens is 1. The number of rotatable bonds is 3. The van der Waals surface area contributed by atoms with Crippen LogP contribution in [0, 0.1) is 23.3 Å². The van der Waals surface area contributed by atoms with Gasteiger partial charge in [-0.05, 0) is 31.2 Å². The van der Waals surface area contributed by atoms with E-state index in [2.05, 4.69) is 15.5 Å². The number of nitrogens with zero attached hydrogens (tertiary/aromatic N) is 2. The van der Waals surface area contributed by atoms with Crippen molar-refractivity contribution in [1.29, 1.82) is 0 Å². The fourth-order valence-electron chi connectivity index (χ4n) is 2.64. The standard InChI is InChI=1S/C18H14F4N4O2/c1-8(26(2)18(28)23-9-3-4-12(19)13(20)5-9)16-10-6-14(21)15(22)7-11(10)17(27)25-24-16/h3-8H,1-2H3,(H,23,28)(H,25,27)/t8-/m0/s1. The van der Waals surface area contributed by atoms with Crippen LogP contribution in [-0.2, 0) is 0 Å². The molecule has 6 nitrogen and oxygen atoms in total. The largest absolute Gasteiger partial charge is 0.322 e. The fourth-order valence-corrected chi connectivity index (χ4v) is 2.64. The second-order valence-electron chi connectivity index (χ2n) is 6.10. The van der Waals surface area contributed by atoms with Crippen LogP contribution < -0.4 is 10.9 Å². The van der Waals surface area contributed by atoms with Crippen LogP contribution in [-0.4, -0.2) is 28.2 Å². The van der Waals surface area contributed by atoms with E-state index in [0.29, 0.717) is 0 Å². The van der Waals surface area contributed by atoms with Crippen LogP contribution >= 0.6 is 0 Å². The predicted molar refractivity (Wildman–Crippen MR) is 93.8 cm³/mol. The highest BCUT2D eigenvalue weighted by Crippen LogP contribution is 2.26. The Hall–Kier alpha value is -3.43. The number of hydrogen-bond donors (Lipinski definition) is 2. The zero-order valence-electron chi connectivity index (χ0n) is 14.7. The first-order chi connectivity index (χ1) is 13.2. The van der Waals surface area contributed by atoms with Crippen molar-refractivity contribution in [2.75, 3.05) is 12.4 Å². The summed E-state index contributed by atoms with van der Waals surface area (Å²) in [4.78, 5) is 25.4. The third-order valence-electron chi connectivity index (χ3n) is 4.33. The summed E-state index contributed by atoms with van der Waals surface area (Å²) in [5.41, 5.74) is -0.564. The number of halogens is 4. The van der Waals surface area contributed by atoms with Crippen LogP contribution in [0.4, 0.5) is 28.0 Å². The minimum atomic E-state index is -1.19. The maximum absolute atomic E-state index is 13.7. The van der Waals surface area contributed by atoms with Crippen molar-refractivity contribution < 1.29 is 22.4 Å². The third-order valence-corrected chi connectivity index (χ3v) is 4.33. The summed E-state index contributed by atoms with van der Waals surface area (Å²) in [6.45, 7) is 1.55. The van der Waals surface area contributed by atoms with Gasteiger partial charge >= 0.3 is 6.03 Å². The Balaban J connectivity index is 1.92. The summed E-state index contributed by atoms with van der Waals surface area (Å²) in [5.74, 6) is -4.54. The van der Waals surface area contributed by atoms with Gasteiger partial charge in [0.2, 0.25) is 0 Å². The van der Waals surface area contributed by atoms with E-state index in [1.807, 2.05) is 0 Å². The molecule has 2 aromatic carbocycles.